The van der Waals surface area contributed by atoms with Gasteiger partial charge in [-0.2, -0.15) is 4.98 Å². The van der Waals surface area contributed by atoms with Crippen LogP contribution in [0.3, 0.4) is 0 Å². The highest BCUT2D eigenvalue weighted by molar-refractivity contribution is 5.77. The number of ether oxygens (including phenoxy) is 1. The fraction of sp³-hybridized carbons (Fsp3) is 0.419. The molecule has 42 heavy (non-hydrogen) atoms. The molecule has 220 valence electrons. The first kappa shape index (κ1) is 28.1. The van der Waals surface area contributed by atoms with Crippen molar-refractivity contribution in [3.8, 4) is 5.82 Å². The number of anilines is 3. The van der Waals surface area contributed by atoms with Gasteiger partial charge in [0.1, 0.15) is 11.0 Å². The topological polar surface area (TPSA) is 114 Å². The van der Waals surface area contributed by atoms with E-state index in [2.05, 4.69) is 50.8 Å². The Labute approximate surface area is 245 Å². The average molecular weight is 571 g/mol. The van der Waals surface area contributed by atoms with Gasteiger partial charge in [0.15, 0.2) is 11.5 Å². The molecule has 0 radical (unpaired) electrons. The number of benzene rings is 1. The average Bonchev–Trinajstić information content (AvgIpc) is 3.23. The van der Waals surface area contributed by atoms with Crippen molar-refractivity contribution >= 4 is 28.4 Å². The fourth-order valence-electron chi connectivity index (χ4n) is 5.98. The normalized spacial score (nSPS) is 19.9. The molecule has 2 aliphatic heterocycles. The molecule has 0 bridgehead atoms. The summed E-state index contributed by atoms with van der Waals surface area (Å²) in [4.78, 5) is 31.9. The third-order valence-electron chi connectivity index (χ3n) is 8.02. The minimum absolute atomic E-state index is 0.107. The van der Waals surface area contributed by atoms with Crippen LogP contribution in [-0.4, -0.2) is 79.8 Å². The zero-order chi connectivity index (χ0) is 29.5. The summed E-state index contributed by atoms with van der Waals surface area (Å²) >= 11 is 0. The number of hydrogen-bond acceptors (Lipinski definition) is 9. The number of aromatic nitrogens is 5. The standard InChI is InChI=1S/C31H38N8O3/c1-5-15-38-28(40)24-19-32-29(35-27(24)39(38)26-9-6-8-25(34-26)30(2,3)41)33-22-10-12-23(13-11-22)37-16-7-14-31(21-37)20-36(4)17-18-42-31/h5-6,8-13,19,41H,1,7,14-18,20-21H2,2-4H3,(H,32,33,35). The molecule has 4 aromatic rings. The Bertz CT molecular complexity index is 1650. The van der Waals surface area contributed by atoms with E-state index in [0.717, 1.165) is 57.0 Å². The van der Waals surface area contributed by atoms with Crippen molar-refractivity contribution < 1.29 is 9.84 Å². The molecule has 1 aromatic carbocycles. The maximum absolute atomic E-state index is 13.3. The van der Waals surface area contributed by atoms with E-state index in [1.807, 2.05) is 12.1 Å². The number of nitrogens with one attached hydrogen (secondary N) is 1. The first-order valence-electron chi connectivity index (χ1n) is 14.4. The zero-order valence-electron chi connectivity index (χ0n) is 24.5. The van der Waals surface area contributed by atoms with Crippen LogP contribution in [0.1, 0.15) is 32.4 Å². The van der Waals surface area contributed by atoms with Gasteiger partial charge in [0.05, 0.1) is 24.4 Å². The molecular weight excluding hydrogens is 532 g/mol. The second-order valence-corrected chi connectivity index (χ2v) is 11.8. The van der Waals surface area contributed by atoms with Crippen molar-refractivity contribution in [3.63, 3.8) is 0 Å². The summed E-state index contributed by atoms with van der Waals surface area (Å²) in [5, 5.41) is 14.2. The molecule has 1 spiro atoms. The number of piperidine rings is 1. The van der Waals surface area contributed by atoms with Crippen molar-refractivity contribution in [1.82, 2.24) is 29.2 Å². The van der Waals surface area contributed by atoms with E-state index in [1.165, 1.54) is 10.9 Å². The minimum Gasteiger partial charge on any atom is -0.384 e. The number of hydrogen-bond donors (Lipinski definition) is 2. The predicted octanol–water partition coefficient (Wildman–Crippen LogP) is 3.44. The largest absolute Gasteiger partial charge is 0.384 e. The van der Waals surface area contributed by atoms with E-state index in [-0.39, 0.29) is 17.7 Å². The Morgan fingerprint density at radius 3 is 2.69 bits per heavy atom. The van der Waals surface area contributed by atoms with Gasteiger partial charge in [-0.1, -0.05) is 12.1 Å². The highest BCUT2D eigenvalue weighted by Gasteiger charge is 2.39. The lowest BCUT2D eigenvalue weighted by atomic mass is 9.90. The Hall–Kier alpha value is -4.06. The summed E-state index contributed by atoms with van der Waals surface area (Å²) in [5.41, 5.74) is 1.38. The van der Waals surface area contributed by atoms with Crippen molar-refractivity contribution in [2.45, 2.75) is 44.4 Å². The SMILES string of the molecule is C=CCn1c(=O)c2cnc(Nc3ccc(N4CCCC5(CN(C)CCO5)C4)cc3)nc2n1-c1cccc(C(C)(C)O)n1. The van der Waals surface area contributed by atoms with Crippen LogP contribution in [0.2, 0.25) is 0 Å². The van der Waals surface area contributed by atoms with Crippen molar-refractivity contribution in [1.29, 1.82) is 0 Å². The van der Waals surface area contributed by atoms with Gasteiger partial charge in [0, 0.05) is 43.8 Å². The molecule has 2 N–H and O–H groups in total. The quantitative estimate of drug-likeness (QED) is 0.323. The van der Waals surface area contributed by atoms with Crippen LogP contribution >= 0.6 is 0 Å². The predicted molar refractivity (Wildman–Crippen MR) is 164 cm³/mol. The number of likely N-dealkylation sites (N-methyl/N-ethyl adjacent to an activating group) is 1. The van der Waals surface area contributed by atoms with Gasteiger partial charge < -0.3 is 25.0 Å². The second kappa shape index (κ2) is 11.0. The summed E-state index contributed by atoms with van der Waals surface area (Å²) in [6.45, 7) is 12.0. The van der Waals surface area contributed by atoms with E-state index in [0.29, 0.717) is 28.5 Å². The lowest BCUT2D eigenvalue weighted by molar-refractivity contribution is -0.108. The van der Waals surface area contributed by atoms with Crippen LogP contribution < -0.4 is 15.8 Å². The molecule has 0 saturated carbocycles. The van der Waals surface area contributed by atoms with Gasteiger partial charge in [0.25, 0.3) is 5.56 Å². The van der Waals surface area contributed by atoms with Gasteiger partial charge in [-0.3, -0.25) is 4.79 Å². The summed E-state index contributed by atoms with van der Waals surface area (Å²) in [5.74, 6) is 0.819. The highest BCUT2D eigenvalue weighted by Crippen LogP contribution is 2.32. The molecule has 0 aliphatic carbocycles. The Morgan fingerprint density at radius 1 is 1.14 bits per heavy atom. The summed E-state index contributed by atoms with van der Waals surface area (Å²) in [7, 11) is 2.17. The van der Waals surface area contributed by atoms with Crippen LogP contribution in [-0.2, 0) is 16.9 Å². The zero-order valence-corrected chi connectivity index (χ0v) is 24.5. The maximum Gasteiger partial charge on any atom is 0.278 e. The number of rotatable bonds is 7. The first-order valence-corrected chi connectivity index (χ1v) is 14.4. The van der Waals surface area contributed by atoms with E-state index >= 15 is 0 Å². The molecule has 6 rings (SSSR count). The number of allylic oxidation sites excluding steroid dienone is 1. The summed E-state index contributed by atoms with van der Waals surface area (Å²) < 4.78 is 9.46. The van der Waals surface area contributed by atoms with Crippen LogP contribution in [0, 0.1) is 0 Å². The number of pyridine rings is 1. The summed E-state index contributed by atoms with van der Waals surface area (Å²) in [6.07, 6.45) is 5.37. The van der Waals surface area contributed by atoms with Gasteiger partial charge >= 0.3 is 0 Å². The number of fused-ring (bicyclic) bond motifs is 1. The first-order chi connectivity index (χ1) is 20.2. The third kappa shape index (κ3) is 5.42. The van der Waals surface area contributed by atoms with E-state index in [4.69, 9.17) is 9.72 Å². The molecule has 3 aromatic heterocycles. The number of morpholine rings is 1. The maximum atomic E-state index is 13.3. The van der Waals surface area contributed by atoms with E-state index < -0.39 is 5.60 Å². The molecule has 1 atom stereocenters. The minimum atomic E-state index is -1.15. The van der Waals surface area contributed by atoms with Gasteiger partial charge in [-0.25, -0.2) is 19.3 Å². The van der Waals surface area contributed by atoms with Crippen LogP contribution in [0.15, 0.2) is 66.1 Å². The second-order valence-electron chi connectivity index (χ2n) is 11.8. The molecule has 1 unspecified atom stereocenters. The Balaban J connectivity index is 1.28. The smallest absolute Gasteiger partial charge is 0.278 e. The van der Waals surface area contributed by atoms with Gasteiger partial charge in [-0.05, 0) is 70.1 Å². The van der Waals surface area contributed by atoms with E-state index in [1.54, 1.807) is 42.8 Å². The van der Waals surface area contributed by atoms with Gasteiger partial charge in [-0.15, -0.1) is 6.58 Å². The molecule has 11 nitrogen and oxygen atoms in total. The highest BCUT2D eigenvalue weighted by atomic mass is 16.5. The van der Waals surface area contributed by atoms with Gasteiger partial charge in [0.2, 0.25) is 5.95 Å². The molecule has 11 heteroatoms. The van der Waals surface area contributed by atoms with E-state index in [9.17, 15) is 9.90 Å². The molecular formula is C31H38N8O3. The third-order valence-corrected chi connectivity index (χ3v) is 8.02. The Morgan fingerprint density at radius 2 is 1.95 bits per heavy atom. The number of aliphatic hydroxyl groups is 1. The molecule has 0 amide bonds. The van der Waals surface area contributed by atoms with Crippen molar-refractivity contribution in [2.75, 3.05) is 50.1 Å². The monoisotopic (exact) mass is 570 g/mol. The van der Waals surface area contributed by atoms with Crippen LogP contribution in [0.5, 0.6) is 0 Å². The lowest BCUT2D eigenvalue weighted by Crippen LogP contribution is -2.59. The number of nitrogens with zero attached hydrogens (tertiary/aromatic N) is 7. The van der Waals surface area contributed by atoms with Crippen molar-refractivity contribution in [3.05, 3.63) is 77.4 Å². The Kier molecular flexibility index (Phi) is 7.34. The fourth-order valence-corrected chi connectivity index (χ4v) is 5.98. The van der Waals surface area contributed by atoms with Crippen LogP contribution in [0.4, 0.5) is 17.3 Å². The molecule has 2 saturated heterocycles. The molecule has 2 fully saturated rings. The summed E-state index contributed by atoms with van der Waals surface area (Å²) in [6, 6.07) is 13.6. The van der Waals surface area contributed by atoms with Crippen molar-refractivity contribution in [2.24, 2.45) is 0 Å². The molecule has 2 aliphatic rings. The van der Waals surface area contributed by atoms with Crippen LogP contribution in [0.25, 0.3) is 16.9 Å². The molecule has 5 heterocycles. The lowest BCUT2D eigenvalue weighted by Gasteiger charge is -2.48.